The third-order valence-electron chi connectivity index (χ3n) is 4.56. The number of nitrogens with one attached hydrogen (secondary N) is 1. The largest absolute Gasteiger partial charge is 0.377 e. The predicted molar refractivity (Wildman–Crippen MR) is 86.0 cm³/mol. The molecule has 3 nitrogen and oxygen atoms in total. The van der Waals surface area contributed by atoms with Crippen molar-refractivity contribution in [2.45, 2.75) is 43.0 Å². The molecule has 1 saturated carbocycles. The highest BCUT2D eigenvalue weighted by Gasteiger charge is 2.37. The van der Waals surface area contributed by atoms with Crippen LogP contribution in [0.25, 0.3) is 0 Å². The highest BCUT2D eigenvalue weighted by atomic mass is 32.2. The molecule has 1 aromatic carbocycles. The SMILES string of the molecule is CSc1cccc(NC2(CN)CCCCC2C)c1C#N. The molecule has 3 N–H and O–H groups in total. The van der Waals surface area contributed by atoms with Gasteiger partial charge in [0, 0.05) is 11.4 Å². The van der Waals surface area contributed by atoms with Gasteiger partial charge in [0.05, 0.1) is 16.8 Å². The van der Waals surface area contributed by atoms with Gasteiger partial charge in [-0.25, -0.2) is 0 Å². The van der Waals surface area contributed by atoms with Gasteiger partial charge in [-0.3, -0.25) is 0 Å². The number of benzene rings is 1. The molecule has 1 aliphatic carbocycles. The number of nitrogens with two attached hydrogens (primary N) is 1. The van der Waals surface area contributed by atoms with Crippen molar-refractivity contribution in [2.24, 2.45) is 11.7 Å². The maximum Gasteiger partial charge on any atom is 0.102 e. The number of nitrogens with zero attached hydrogens (tertiary/aromatic N) is 1. The maximum absolute atomic E-state index is 9.45. The van der Waals surface area contributed by atoms with Crippen LogP contribution in [0.1, 0.15) is 38.2 Å². The van der Waals surface area contributed by atoms with Crippen LogP contribution in [0.2, 0.25) is 0 Å². The Morgan fingerprint density at radius 1 is 1.50 bits per heavy atom. The summed E-state index contributed by atoms with van der Waals surface area (Å²) in [6, 6.07) is 8.33. The van der Waals surface area contributed by atoms with E-state index in [2.05, 4.69) is 18.3 Å². The van der Waals surface area contributed by atoms with E-state index >= 15 is 0 Å². The van der Waals surface area contributed by atoms with Crippen molar-refractivity contribution in [3.05, 3.63) is 23.8 Å². The molecule has 1 aromatic rings. The van der Waals surface area contributed by atoms with E-state index in [1.165, 1.54) is 19.3 Å². The van der Waals surface area contributed by atoms with Crippen LogP contribution >= 0.6 is 11.8 Å². The van der Waals surface area contributed by atoms with E-state index in [9.17, 15) is 5.26 Å². The first-order valence-corrected chi connectivity index (χ1v) is 8.44. The zero-order valence-corrected chi connectivity index (χ0v) is 13.1. The van der Waals surface area contributed by atoms with Gasteiger partial charge in [-0.2, -0.15) is 5.26 Å². The first kappa shape index (κ1) is 15.2. The molecule has 0 aromatic heterocycles. The Morgan fingerprint density at radius 3 is 2.90 bits per heavy atom. The minimum atomic E-state index is -0.0686. The molecule has 2 atom stereocenters. The topological polar surface area (TPSA) is 61.8 Å². The molecule has 0 saturated heterocycles. The van der Waals surface area contributed by atoms with E-state index in [0.717, 1.165) is 22.6 Å². The number of thioether (sulfide) groups is 1. The van der Waals surface area contributed by atoms with Gasteiger partial charge < -0.3 is 11.1 Å². The summed E-state index contributed by atoms with van der Waals surface area (Å²) in [6.07, 6.45) is 6.77. The highest BCUT2D eigenvalue weighted by Crippen LogP contribution is 2.37. The van der Waals surface area contributed by atoms with Crippen molar-refractivity contribution in [3.8, 4) is 6.07 Å². The quantitative estimate of drug-likeness (QED) is 0.831. The van der Waals surface area contributed by atoms with Crippen LogP contribution in [0.5, 0.6) is 0 Å². The molecule has 0 radical (unpaired) electrons. The second-order valence-electron chi connectivity index (χ2n) is 5.63. The molecule has 0 bridgehead atoms. The molecular weight excluding hydrogens is 266 g/mol. The van der Waals surface area contributed by atoms with Crippen LogP contribution < -0.4 is 11.1 Å². The predicted octanol–water partition coefficient (Wildman–Crippen LogP) is 3.60. The Kier molecular flexibility index (Phi) is 4.95. The number of rotatable bonds is 4. The molecule has 1 aliphatic rings. The fraction of sp³-hybridized carbons (Fsp3) is 0.562. The summed E-state index contributed by atoms with van der Waals surface area (Å²) >= 11 is 1.61. The van der Waals surface area contributed by atoms with E-state index in [1.54, 1.807) is 11.8 Å². The van der Waals surface area contributed by atoms with Gasteiger partial charge in [0.15, 0.2) is 0 Å². The van der Waals surface area contributed by atoms with E-state index < -0.39 is 0 Å². The minimum absolute atomic E-state index is 0.0686. The van der Waals surface area contributed by atoms with Gasteiger partial charge >= 0.3 is 0 Å². The first-order valence-electron chi connectivity index (χ1n) is 7.22. The number of anilines is 1. The zero-order chi connectivity index (χ0) is 14.6. The van der Waals surface area contributed by atoms with Gasteiger partial charge in [0.2, 0.25) is 0 Å². The van der Waals surface area contributed by atoms with Crippen LogP contribution in [0, 0.1) is 17.2 Å². The third-order valence-corrected chi connectivity index (χ3v) is 5.34. The molecule has 0 amide bonds. The average molecular weight is 289 g/mol. The molecule has 1 fully saturated rings. The monoisotopic (exact) mass is 289 g/mol. The first-order chi connectivity index (χ1) is 9.66. The molecule has 20 heavy (non-hydrogen) atoms. The van der Waals surface area contributed by atoms with Crippen LogP contribution in [-0.4, -0.2) is 18.3 Å². The smallest absolute Gasteiger partial charge is 0.102 e. The molecule has 2 rings (SSSR count). The van der Waals surface area contributed by atoms with Crippen molar-refractivity contribution in [1.82, 2.24) is 0 Å². The summed E-state index contributed by atoms with van der Waals surface area (Å²) in [5, 5.41) is 13.1. The van der Waals surface area contributed by atoms with E-state index in [-0.39, 0.29) is 5.54 Å². The fourth-order valence-corrected chi connectivity index (χ4v) is 3.72. The Bertz CT molecular complexity index is 509. The Morgan fingerprint density at radius 2 is 2.30 bits per heavy atom. The normalized spacial score (nSPS) is 26.0. The molecule has 2 unspecified atom stereocenters. The van der Waals surface area contributed by atoms with E-state index in [4.69, 9.17) is 5.73 Å². The maximum atomic E-state index is 9.45. The number of nitriles is 1. The molecule has 108 valence electrons. The van der Waals surface area contributed by atoms with Gasteiger partial charge in [-0.15, -0.1) is 11.8 Å². The van der Waals surface area contributed by atoms with Crippen molar-refractivity contribution >= 4 is 17.4 Å². The molecule has 0 heterocycles. The van der Waals surface area contributed by atoms with E-state index in [0.29, 0.717) is 12.5 Å². The van der Waals surface area contributed by atoms with Crippen molar-refractivity contribution in [3.63, 3.8) is 0 Å². The average Bonchev–Trinajstić information content (AvgIpc) is 2.49. The molecular formula is C16H23N3S. The Hall–Kier alpha value is -1.18. The molecule has 4 heteroatoms. The standard InChI is InChI=1S/C16H23N3S/c1-12-6-3-4-9-16(12,11-18)19-14-7-5-8-15(20-2)13(14)10-17/h5,7-8,12,19H,3-4,6,9,11,18H2,1-2H3. The summed E-state index contributed by atoms with van der Waals surface area (Å²) in [4.78, 5) is 1.02. The van der Waals surface area contributed by atoms with Gasteiger partial charge in [0.1, 0.15) is 6.07 Å². The Labute approximate surface area is 125 Å². The number of hydrogen-bond donors (Lipinski definition) is 2. The lowest BCUT2D eigenvalue weighted by atomic mass is 9.73. The van der Waals surface area contributed by atoms with Crippen LogP contribution in [-0.2, 0) is 0 Å². The van der Waals surface area contributed by atoms with Crippen LogP contribution in [0.3, 0.4) is 0 Å². The second kappa shape index (κ2) is 6.51. The Balaban J connectivity index is 2.35. The van der Waals surface area contributed by atoms with Crippen molar-refractivity contribution in [2.75, 3.05) is 18.1 Å². The molecule has 0 aliphatic heterocycles. The summed E-state index contributed by atoms with van der Waals surface area (Å²) in [5.41, 5.74) is 7.69. The van der Waals surface area contributed by atoms with Crippen molar-refractivity contribution < 1.29 is 0 Å². The highest BCUT2D eigenvalue weighted by molar-refractivity contribution is 7.98. The van der Waals surface area contributed by atoms with Crippen LogP contribution in [0.4, 0.5) is 5.69 Å². The summed E-state index contributed by atoms with van der Waals surface area (Å²) < 4.78 is 0. The summed E-state index contributed by atoms with van der Waals surface area (Å²) in [6.45, 7) is 2.88. The lowest BCUT2D eigenvalue weighted by molar-refractivity contribution is 0.235. The van der Waals surface area contributed by atoms with Crippen LogP contribution in [0.15, 0.2) is 23.1 Å². The second-order valence-corrected chi connectivity index (χ2v) is 6.47. The zero-order valence-electron chi connectivity index (χ0n) is 12.3. The molecule has 0 spiro atoms. The van der Waals surface area contributed by atoms with Crippen molar-refractivity contribution in [1.29, 1.82) is 5.26 Å². The van der Waals surface area contributed by atoms with Gasteiger partial charge in [-0.1, -0.05) is 25.8 Å². The third kappa shape index (κ3) is 2.79. The minimum Gasteiger partial charge on any atom is -0.377 e. The lowest BCUT2D eigenvalue weighted by Gasteiger charge is -2.43. The summed E-state index contributed by atoms with van der Waals surface area (Å²) in [5.74, 6) is 0.533. The summed E-state index contributed by atoms with van der Waals surface area (Å²) in [7, 11) is 0. The number of hydrogen-bond acceptors (Lipinski definition) is 4. The fourth-order valence-electron chi connectivity index (χ4n) is 3.14. The lowest BCUT2D eigenvalue weighted by Crippen LogP contribution is -2.52. The van der Waals surface area contributed by atoms with Gasteiger partial charge in [-0.05, 0) is 37.1 Å². The van der Waals surface area contributed by atoms with E-state index in [1.807, 2.05) is 24.5 Å². The van der Waals surface area contributed by atoms with Gasteiger partial charge in [0.25, 0.3) is 0 Å².